The molecule has 0 amide bonds. The van der Waals surface area contributed by atoms with E-state index in [9.17, 15) is 0 Å². The van der Waals surface area contributed by atoms with Crippen LogP contribution in [0.5, 0.6) is 0 Å². The summed E-state index contributed by atoms with van der Waals surface area (Å²) in [7, 11) is 0. The molecule has 0 aliphatic carbocycles. The fraction of sp³-hybridized carbons (Fsp3) is 0.467. The number of rotatable bonds is 1. The van der Waals surface area contributed by atoms with Crippen LogP contribution < -0.4 is 0 Å². The van der Waals surface area contributed by atoms with Gasteiger partial charge in [0.05, 0.1) is 0 Å². The molecule has 0 N–H and O–H groups in total. The number of allylic oxidation sites excluding steroid dienone is 1. The molecule has 0 saturated carbocycles. The second kappa shape index (κ2) is 4.22. The lowest BCUT2D eigenvalue weighted by molar-refractivity contribution is 0.508. The Morgan fingerprint density at radius 1 is 1.13 bits per heavy atom. The van der Waals surface area contributed by atoms with Crippen molar-refractivity contribution in [3.63, 3.8) is 0 Å². The molecule has 0 radical (unpaired) electrons. The van der Waals surface area contributed by atoms with Crippen molar-refractivity contribution in [2.45, 2.75) is 41.5 Å². The van der Waals surface area contributed by atoms with Crippen molar-refractivity contribution in [3.05, 3.63) is 40.5 Å². The van der Waals surface area contributed by atoms with Gasteiger partial charge in [-0.2, -0.15) is 0 Å². The number of hydrogen-bond donors (Lipinski definition) is 0. The number of hydrogen-bond acceptors (Lipinski definition) is 0. The first kappa shape index (κ1) is 12.0. The van der Waals surface area contributed by atoms with Crippen LogP contribution in [0.1, 0.15) is 44.4 Å². The monoisotopic (exact) mass is 202 g/mol. The van der Waals surface area contributed by atoms with Gasteiger partial charge < -0.3 is 0 Å². The van der Waals surface area contributed by atoms with E-state index >= 15 is 0 Å². The summed E-state index contributed by atoms with van der Waals surface area (Å²) in [5, 5.41) is 0. The fourth-order valence-corrected chi connectivity index (χ4v) is 1.37. The van der Waals surface area contributed by atoms with E-state index < -0.39 is 0 Å². The Kier molecular flexibility index (Phi) is 3.38. The number of benzene rings is 1. The lowest BCUT2D eigenvalue weighted by Crippen LogP contribution is -2.06. The smallest absolute Gasteiger partial charge is 0.0172 e. The van der Waals surface area contributed by atoms with E-state index in [1.54, 1.807) is 0 Å². The minimum absolute atomic E-state index is 0.260. The lowest BCUT2D eigenvalue weighted by atomic mass is 9.86. The molecule has 0 fully saturated rings. The normalized spacial score (nSPS) is 13.1. The molecule has 1 rings (SSSR count). The Morgan fingerprint density at radius 2 is 1.73 bits per heavy atom. The van der Waals surface area contributed by atoms with Crippen LogP contribution in [0.25, 0.3) is 6.08 Å². The average Bonchev–Trinajstić information content (AvgIpc) is 2.09. The van der Waals surface area contributed by atoms with E-state index in [0.717, 1.165) is 0 Å². The first-order valence-corrected chi connectivity index (χ1v) is 5.57. The summed E-state index contributed by atoms with van der Waals surface area (Å²) in [5.74, 6) is 0. The van der Waals surface area contributed by atoms with Gasteiger partial charge in [0.25, 0.3) is 0 Å². The maximum atomic E-state index is 2.31. The van der Waals surface area contributed by atoms with E-state index in [2.05, 4.69) is 65.8 Å². The molecule has 0 heterocycles. The highest BCUT2D eigenvalue weighted by Crippen LogP contribution is 2.27. The molecule has 0 bridgehead atoms. The van der Waals surface area contributed by atoms with Crippen LogP contribution in [0, 0.1) is 19.3 Å². The molecular formula is C15H22. The molecule has 15 heavy (non-hydrogen) atoms. The average molecular weight is 202 g/mol. The highest BCUT2D eigenvalue weighted by Gasteiger charge is 2.12. The molecule has 0 aliphatic heterocycles. The fourth-order valence-electron chi connectivity index (χ4n) is 1.37. The summed E-state index contributed by atoms with van der Waals surface area (Å²) < 4.78 is 0. The van der Waals surface area contributed by atoms with E-state index in [-0.39, 0.29) is 5.41 Å². The van der Waals surface area contributed by atoms with Crippen LogP contribution in [0.3, 0.4) is 0 Å². The molecule has 1 aromatic rings. The van der Waals surface area contributed by atoms with Gasteiger partial charge in [-0.3, -0.25) is 0 Å². The SMILES string of the molecule is C/C(=C\c1cc(C)ccc1C)C(C)(C)C. The molecule has 0 unspecified atom stereocenters. The van der Waals surface area contributed by atoms with Crippen molar-refractivity contribution in [1.29, 1.82) is 0 Å². The Balaban J connectivity index is 3.13. The van der Waals surface area contributed by atoms with E-state index in [1.807, 2.05) is 0 Å². The molecule has 0 saturated heterocycles. The van der Waals surface area contributed by atoms with Crippen LogP contribution >= 0.6 is 0 Å². The molecular weight excluding hydrogens is 180 g/mol. The zero-order chi connectivity index (χ0) is 11.6. The van der Waals surface area contributed by atoms with Gasteiger partial charge in [0, 0.05) is 0 Å². The summed E-state index contributed by atoms with van der Waals surface area (Å²) >= 11 is 0. The first-order valence-electron chi connectivity index (χ1n) is 5.57. The van der Waals surface area contributed by atoms with E-state index in [1.165, 1.54) is 22.3 Å². The highest BCUT2D eigenvalue weighted by molar-refractivity contribution is 5.58. The van der Waals surface area contributed by atoms with Crippen molar-refractivity contribution < 1.29 is 0 Å². The van der Waals surface area contributed by atoms with E-state index in [4.69, 9.17) is 0 Å². The molecule has 0 aliphatic rings. The van der Waals surface area contributed by atoms with Crippen molar-refractivity contribution >= 4 is 6.08 Å². The third kappa shape index (κ3) is 3.23. The van der Waals surface area contributed by atoms with Gasteiger partial charge in [0.15, 0.2) is 0 Å². The quantitative estimate of drug-likeness (QED) is 0.616. The second-order valence-corrected chi connectivity index (χ2v) is 5.44. The number of aryl methyl sites for hydroxylation is 2. The van der Waals surface area contributed by atoms with Crippen molar-refractivity contribution in [2.24, 2.45) is 5.41 Å². The van der Waals surface area contributed by atoms with Crippen LogP contribution in [-0.4, -0.2) is 0 Å². The van der Waals surface area contributed by atoms with Crippen molar-refractivity contribution in [3.8, 4) is 0 Å². The molecule has 0 spiro atoms. The Labute approximate surface area is 94.0 Å². The summed E-state index contributed by atoms with van der Waals surface area (Å²) in [6, 6.07) is 6.61. The van der Waals surface area contributed by atoms with Gasteiger partial charge in [-0.05, 0) is 37.3 Å². The van der Waals surface area contributed by atoms with Crippen LogP contribution in [0.4, 0.5) is 0 Å². The largest absolute Gasteiger partial charge is 0.0673 e. The van der Waals surface area contributed by atoms with Gasteiger partial charge in [-0.25, -0.2) is 0 Å². The summed E-state index contributed by atoms with van der Waals surface area (Å²) in [6.45, 7) is 13.3. The molecule has 0 heteroatoms. The molecule has 0 atom stereocenters. The van der Waals surface area contributed by atoms with Gasteiger partial charge in [-0.1, -0.05) is 56.2 Å². The Hall–Kier alpha value is -1.04. The molecule has 82 valence electrons. The lowest BCUT2D eigenvalue weighted by Gasteiger charge is -2.20. The van der Waals surface area contributed by atoms with Gasteiger partial charge >= 0.3 is 0 Å². The minimum atomic E-state index is 0.260. The first-order chi connectivity index (χ1) is 6.80. The Bertz CT molecular complexity index is 376. The summed E-state index contributed by atoms with van der Waals surface area (Å²) in [5.41, 5.74) is 5.72. The topological polar surface area (TPSA) is 0 Å². The van der Waals surface area contributed by atoms with Crippen molar-refractivity contribution in [1.82, 2.24) is 0 Å². The van der Waals surface area contributed by atoms with Gasteiger partial charge in [0.2, 0.25) is 0 Å². The molecule has 1 aromatic carbocycles. The van der Waals surface area contributed by atoms with Crippen LogP contribution in [-0.2, 0) is 0 Å². The van der Waals surface area contributed by atoms with Gasteiger partial charge in [0.1, 0.15) is 0 Å². The zero-order valence-corrected chi connectivity index (χ0v) is 10.8. The molecule has 0 nitrogen and oxygen atoms in total. The van der Waals surface area contributed by atoms with E-state index in [0.29, 0.717) is 0 Å². The highest BCUT2D eigenvalue weighted by atomic mass is 14.2. The summed E-state index contributed by atoms with van der Waals surface area (Å²) in [4.78, 5) is 0. The van der Waals surface area contributed by atoms with Crippen molar-refractivity contribution in [2.75, 3.05) is 0 Å². The summed E-state index contributed by atoms with van der Waals surface area (Å²) in [6.07, 6.45) is 2.31. The maximum absolute atomic E-state index is 2.31. The van der Waals surface area contributed by atoms with Crippen LogP contribution in [0.15, 0.2) is 23.8 Å². The van der Waals surface area contributed by atoms with Crippen LogP contribution in [0.2, 0.25) is 0 Å². The second-order valence-electron chi connectivity index (χ2n) is 5.44. The predicted molar refractivity (Wildman–Crippen MR) is 69.0 cm³/mol. The van der Waals surface area contributed by atoms with Gasteiger partial charge in [-0.15, -0.1) is 0 Å². The third-order valence-corrected chi connectivity index (χ3v) is 2.99. The minimum Gasteiger partial charge on any atom is -0.0673 e. The standard InChI is InChI=1S/C15H22/c1-11-7-8-12(2)14(9-11)10-13(3)15(4,5)6/h7-10H,1-6H3/b13-10+. The Morgan fingerprint density at radius 3 is 2.27 bits per heavy atom. The maximum Gasteiger partial charge on any atom is -0.0172 e. The predicted octanol–water partition coefficient (Wildman–Crippen LogP) is 4.75. The third-order valence-electron chi connectivity index (χ3n) is 2.99. The molecule has 0 aromatic heterocycles. The zero-order valence-electron chi connectivity index (χ0n) is 10.8.